The van der Waals surface area contributed by atoms with Gasteiger partial charge >= 0.3 is 0 Å². The molecule has 0 saturated heterocycles. The van der Waals surface area contributed by atoms with Crippen molar-refractivity contribution in [3.8, 4) is 0 Å². The molecule has 0 aliphatic rings. The highest BCUT2D eigenvalue weighted by Crippen LogP contribution is 2.18. The summed E-state index contributed by atoms with van der Waals surface area (Å²) in [7, 11) is -1.07. The van der Waals surface area contributed by atoms with Gasteiger partial charge in [-0.05, 0) is 18.2 Å². The molecular weight excluding hydrogens is 208 g/mol. The molecule has 0 bridgehead atoms. The van der Waals surface area contributed by atoms with Crippen LogP contribution < -0.4 is 0 Å². The molecule has 0 N–H and O–H groups in total. The van der Waals surface area contributed by atoms with Gasteiger partial charge in [0.25, 0.3) is 0 Å². The first-order chi connectivity index (χ1) is 6.18. The third-order valence-corrected chi connectivity index (χ3v) is 2.83. The van der Waals surface area contributed by atoms with E-state index in [1.54, 1.807) is 28.7 Å². The van der Waals surface area contributed by atoms with Crippen LogP contribution in [0.2, 0.25) is 5.02 Å². The highest BCUT2D eigenvalue weighted by atomic mass is 35.5. The summed E-state index contributed by atoms with van der Waals surface area (Å²) in [6, 6.07) is 5.32. The van der Waals surface area contributed by atoms with Crippen molar-refractivity contribution in [2.24, 2.45) is 0 Å². The maximum Gasteiger partial charge on any atom is 0.122 e. The van der Waals surface area contributed by atoms with Gasteiger partial charge in [-0.1, -0.05) is 11.6 Å². The molecule has 0 spiro atoms. The quantitative estimate of drug-likeness (QED) is 0.726. The molecule has 0 saturated carbocycles. The van der Waals surface area contributed by atoms with Gasteiger partial charge < -0.3 is 0 Å². The Kier molecular flexibility index (Phi) is 2.09. The minimum atomic E-state index is -1.07. The lowest BCUT2D eigenvalue weighted by atomic mass is 10.3. The van der Waals surface area contributed by atoms with Gasteiger partial charge in [0.1, 0.15) is 17.3 Å². The summed E-state index contributed by atoms with van der Waals surface area (Å²) in [5.74, 6) is 0. The average molecular weight is 215 g/mol. The molecule has 1 heterocycles. The molecule has 1 aromatic heterocycles. The van der Waals surface area contributed by atoms with Crippen molar-refractivity contribution >= 4 is 33.6 Å². The lowest BCUT2D eigenvalue weighted by Crippen LogP contribution is -1.98. The van der Waals surface area contributed by atoms with E-state index in [1.807, 2.05) is 6.07 Å². The first-order valence-electron chi connectivity index (χ1n) is 3.65. The van der Waals surface area contributed by atoms with E-state index in [4.69, 9.17) is 11.6 Å². The Morgan fingerprint density at radius 2 is 2.31 bits per heavy atom. The van der Waals surface area contributed by atoms with Crippen molar-refractivity contribution in [3.05, 3.63) is 29.5 Å². The molecule has 3 nitrogen and oxygen atoms in total. The number of hydrogen-bond donors (Lipinski definition) is 0. The number of aromatic nitrogens is 2. The van der Waals surface area contributed by atoms with Gasteiger partial charge in [-0.15, -0.1) is 0 Å². The van der Waals surface area contributed by atoms with Crippen LogP contribution in [0.3, 0.4) is 0 Å². The summed E-state index contributed by atoms with van der Waals surface area (Å²) in [4.78, 5) is 4.09. The molecule has 68 valence electrons. The van der Waals surface area contributed by atoms with Gasteiger partial charge in [-0.3, -0.25) is 0 Å². The van der Waals surface area contributed by atoms with Crippen LogP contribution in [0.1, 0.15) is 0 Å². The average Bonchev–Trinajstić information content (AvgIpc) is 2.46. The predicted molar refractivity (Wildman–Crippen MR) is 54.2 cm³/mol. The Morgan fingerprint density at radius 1 is 1.54 bits per heavy atom. The molecule has 2 aromatic rings. The van der Waals surface area contributed by atoms with E-state index in [1.165, 1.54) is 0 Å². The van der Waals surface area contributed by atoms with Gasteiger partial charge in [-0.25, -0.2) is 13.2 Å². The summed E-state index contributed by atoms with van der Waals surface area (Å²) in [6.45, 7) is 0. The van der Waals surface area contributed by atoms with Crippen LogP contribution in [0.25, 0.3) is 11.0 Å². The third kappa shape index (κ3) is 1.47. The topological polar surface area (TPSA) is 34.9 Å². The smallest absolute Gasteiger partial charge is 0.122 e. The number of rotatable bonds is 1. The SMILES string of the molecule is CS(=O)n1cnc2cc(Cl)ccc21. The van der Waals surface area contributed by atoms with Crippen molar-refractivity contribution in [2.75, 3.05) is 6.26 Å². The van der Waals surface area contributed by atoms with Crippen LogP contribution in [0.15, 0.2) is 24.5 Å². The lowest BCUT2D eigenvalue weighted by Gasteiger charge is -1.97. The molecular formula is C8H7ClN2OS. The number of nitrogens with zero attached hydrogens (tertiary/aromatic N) is 2. The largest absolute Gasteiger partial charge is 0.248 e. The second kappa shape index (κ2) is 3.12. The van der Waals surface area contributed by atoms with Gasteiger partial charge in [0.2, 0.25) is 0 Å². The second-order valence-electron chi connectivity index (χ2n) is 2.63. The molecule has 0 radical (unpaired) electrons. The maximum absolute atomic E-state index is 11.2. The molecule has 13 heavy (non-hydrogen) atoms. The van der Waals surface area contributed by atoms with Crippen LogP contribution in [0.4, 0.5) is 0 Å². The van der Waals surface area contributed by atoms with E-state index in [0.29, 0.717) is 5.02 Å². The zero-order chi connectivity index (χ0) is 9.42. The van der Waals surface area contributed by atoms with Gasteiger partial charge in [0.05, 0.1) is 11.0 Å². The van der Waals surface area contributed by atoms with Gasteiger partial charge in [0.15, 0.2) is 0 Å². The molecule has 1 aromatic carbocycles. The monoisotopic (exact) mass is 214 g/mol. The van der Waals surface area contributed by atoms with E-state index in [-0.39, 0.29) is 0 Å². The van der Waals surface area contributed by atoms with Crippen molar-refractivity contribution in [1.82, 2.24) is 8.96 Å². The minimum absolute atomic E-state index is 0.639. The summed E-state index contributed by atoms with van der Waals surface area (Å²) in [5, 5.41) is 0.639. The normalized spacial score (nSPS) is 13.4. The van der Waals surface area contributed by atoms with Crippen LogP contribution in [-0.4, -0.2) is 19.4 Å². The summed E-state index contributed by atoms with van der Waals surface area (Å²) >= 11 is 5.78. The molecule has 0 aliphatic carbocycles. The molecule has 0 amide bonds. The summed E-state index contributed by atoms with van der Waals surface area (Å²) < 4.78 is 12.8. The number of benzene rings is 1. The van der Waals surface area contributed by atoms with Crippen LogP contribution >= 0.6 is 11.6 Å². The lowest BCUT2D eigenvalue weighted by molar-refractivity contribution is 0.682. The first kappa shape index (κ1) is 8.72. The van der Waals surface area contributed by atoms with E-state index >= 15 is 0 Å². The fourth-order valence-electron chi connectivity index (χ4n) is 1.17. The Balaban J connectivity index is 2.76. The molecule has 1 unspecified atom stereocenters. The first-order valence-corrected chi connectivity index (χ1v) is 5.54. The molecule has 0 aliphatic heterocycles. The van der Waals surface area contributed by atoms with Crippen LogP contribution in [-0.2, 0) is 11.0 Å². The summed E-state index contributed by atoms with van der Waals surface area (Å²) in [6.07, 6.45) is 3.16. The number of halogens is 1. The minimum Gasteiger partial charge on any atom is -0.248 e. The van der Waals surface area contributed by atoms with E-state index in [9.17, 15) is 4.21 Å². The third-order valence-electron chi connectivity index (χ3n) is 1.75. The molecule has 1 atom stereocenters. The Morgan fingerprint density at radius 3 is 3.00 bits per heavy atom. The van der Waals surface area contributed by atoms with E-state index in [0.717, 1.165) is 11.0 Å². The highest BCUT2D eigenvalue weighted by Gasteiger charge is 2.04. The molecule has 2 rings (SSSR count). The van der Waals surface area contributed by atoms with Crippen molar-refractivity contribution in [2.45, 2.75) is 0 Å². The Hall–Kier alpha value is -0.870. The zero-order valence-corrected chi connectivity index (χ0v) is 8.47. The Labute approximate surface area is 82.9 Å². The Bertz CT molecular complexity index is 480. The standard InChI is InChI=1S/C8H7ClN2OS/c1-13(12)11-5-10-7-4-6(9)2-3-8(7)11/h2-5H,1H3. The fourth-order valence-corrected chi connectivity index (χ4v) is 1.95. The van der Waals surface area contributed by atoms with Crippen molar-refractivity contribution in [1.29, 1.82) is 0 Å². The van der Waals surface area contributed by atoms with Crippen LogP contribution in [0, 0.1) is 0 Å². The van der Waals surface area contributed by atoms with Gasteiger partial charge in [-0.2, -0.15) is 0 Å². The summed E-state index contributed by atoms with van der Waals surface area (Å²) in [5.41, 5.74) is 1.60. The van der Waals surface area contributed by atoms with E-state index in [2.05, 4.69) is 4.98 Å². The van der Waals surface area contributed by atoms with Crippen LogP contribution in [0.5, 0.6) is 0 Å². The van der Waals surface area contributed by atoms with Gasteiger partial charge in [0, 0.05) is 11.3 Å². The van der Waals surface area contributed by atoms with E-state index < -0.39 is 11.0 Å². The van der Waals surface area contributed by atoms with Crippen molar-refractivity contribution in [3.63, 3.8) is 0 Å². The fraction of sp³-hybridized carbons (Fsp3) is 0.125. The maximum atomic E-state index is 11.2. The molecule has 0 fully saturated rings. The number of imidazole rings is 1. The second-order valence-corrected chi connectivity index (χ2v) is 4.30. The number of hydrogen-bond acceptors (Lipinski definition) is 2. The molecule has 5 heteroatoms. The van der Waals surface area contributed by atoms with Crippen molar-refractivity contribution < 1.29 is 4.21 Å². The zero-order valence-electron chi connectivity index (χ0n) is 6.90. The highest BCUT2D eigenvalue weighted by molar-refractivity contribution is 7.82. The number of fused-ring (bicyclic) bond motifs is 1. The predicted octanol–water partition coefficient (Wildman–Crippen LogP) is 1.83.